The van der Waals surface area contributed by atoms with E-state index in [9.17, 15) is 24.3 Å². The quantitative estimate of drug-likeness (QED) is 0.757. The van der Waals surface area contributed by atoms with Crippen LogP contribution in [0.3, 0.4) is 0 Å². The average molecular weight is 390 g/mol. The fourth-order valence-electron chi connectivity index (χ4n) is 2.33. The molecule has 0 aliphatic rings. The van der Waals surface area contributed by atoms with Gasteiger partial charge in [-0.3, -0.25) is 4.79 Å². The lowest BCUT2D eigenvalue weighted by Crippen LogP contribution is -2.44. The minimum Gasteiger partial charge on any atom is -0.480 e. The molecule has 2 aromatic rings. The number of aliphatic carboxylic acids is 1. The Kier molecular flexibility index (Phi) is 6.02. The minimum absolute atomic E-state index is 0.0520. The molecule has 1 amide bonds. The molecule has 0 spiro atoms. The smallest absolute Gasteiger partial charge is 0.408 e. The maximum atomic E-state index is 12.1. The molecular weight excluding hydrogens is 368 g/mol. The zero-order valence-electron chi connectivity index (χ0n) is 16.0. The summed E-state index contributed by atoms with van der Waals surface area (Å²) < 4.78 is 7.20. The molecular formula is C18H22N4O6. The van der Waals surface area contributed by atoms with Gasteiger partial charge in [-0.05, 0) is 32.4 Å². The van der Waals surface area contributed by atoms with Crippen molar-refractivity contribution in [1.82, 2.24) is 19.4 Å². The van der Waals surface area contributed by atoms with Gasteiger partial charge < -0.3 is 19.7 Å². The molecule has 2 N–H and O–H groups in total. The number of ether oxygens (including phenoxy) is 1. The molecule has 0 fully saturated rings. The molecule has 0 aliphatic carbocycles. The molecule has 0 bridgehead atoms. The van der Waals surface area contributed by atoms with E-state index in [-0.39, 0.29) is 12.2 Å². The van der Waals surface area contributed by atoms with Crippen molar-refractivity contribution in [2.24, 2.45) is 7.05 Å². The van der Waals surface area contributed by atoms with E-state index >= 15 is 0 Å². The van der Waals surface area contributed by atoms with Gasteiger partial charge >= 0.3 is 17.8 Å². The lowest BCUT2D eigenvalue weighted by Gasteiger charge is -2.22. The Bertz CT molecular complexity index is 985. The Morgan fingerprint density at radius 2 is 1.93 bits per heavy atom. The van der Waals surface area contributed by atoms with Crippen molar-refractivity contribution >= 4 is 12.1 Å². The average Bonchev–Trinajstić information content (AvgIpc) is 2.57. The standard InChI is InChI=1S/C18H22N4O6/c1-18(2,3)28-16(26)20-12(15(24)25)9-11-5-6-13(19-10-11)22-14(23)7-8-21(4)17(22)27/h5-8,10,12H,9H2,1-4H3,(H,20,26)(H,24,25)/t12-/m0/s1. The van der Waals surface area contributed by atoms with Crippen LogP contribution in [0, 0.1) is 0 Å². The fourth-order valence-corrected chi connectivity index (χ4v) is 2.33. The van der Waals surface area contributed by atoms with Crippen molar-refractivity contribution in [2.75, 3.05) is 0 Å². The molecule has 2 rings (SSSR count). The molecule has 1 atom stereocenters. The highest BCUT2D eigenvalue weighted by molar-refractivity contribution is 5.80. The van der Waals surface area contributed by atoms with Crippen LogP contribution in [-0.4, -0.2) is 42.9 Å². The predicted octanol–water partition coefficient (Wildman–Crippen LogP) is 0.452. The zero-order chi connectivity index (χ0) is 21.1. The third-order valence-electron chi connectivity index (χ3n) is 3.62. The number of nitrogens with one attached hydrogen (secondary N) is 1. The molecule has 28 heavy (non-hydrogen) atoms. The van der Waals surface area contributed by atoms with E-state index in [1.807, 2.05) is 0 Å². The van der Waals surface area contributed by atoms with Gasteiger partial charge in [-0.2, -0.15) is 0 Å². The van der Waals surface area contributed by atoms with Crippen LogP contribution in [0.1, 0.15) is 26.3 Å². The normalized spacial score (nSPS) is 12.3. The number of aromatic nitrogens is 3. The summed E-state index contributed by atoms with van der Waals surface area (Å²) in [6, 6.07) is 2.98. The number of aryl methyl sites for hydroxylation is 1. The number of carboxylic acid groups (broad SMARTS) is 1. The Morgan fingerprint density at radius 3 is 2.46 bits per heavy atom. The molecule has 2 aromatic heterocycles. The van der Waals surface area contributed by atoms with Gasteiger partial charge in [-0.1, -0.05) is 6.07 Å². The van der Waals surface area contributed by atoms with Crippen molar-refractivity contribution in [3.05, 3.63) is 57.0 Å². The number of carboxylic acids is 1. The highest BCUT2D eigenvalue weighted by atomic mass is 16.6. The number of alkyl carbamates (subject to hydrolysis) is 1. The van der Waals surface area contributed by atoms with Crippen molar-refractivity contribution in [2.45, 2.75) is 38.8 Å². The van der Waals surface area contributed by atoms with Crippen molar-refractivity contribution in [3.63, 3.8) is 0 Å². The third-order valence-corrected chi connectivity index (χ3v) is 3.62. The molecule has 0 radical (unpaired) electrons. The van der Waals surface area contributed by atoms with Gasteiger partial charge in [0.05, 0.1) is 0 Å². The molecule has 0 unspecified atom stereocenters. The molecule has 10 nitrogen and oxygen atoms in total. The minimum atomic E-state index is -1.23. The maximum Gasteiger partial charge on any atom is 0.408 e. The Hall–Kier alpha value is -3.43. The first-order chi connectivity index (χ1) is 13.0. The second kappa shape index (κ2) is 8.07. The van der Waals surface area contributed by atoms with Gasteiger partial charge in [0.1, 0.15) is 17.5 Å². The van der Waals surface area contributed by atoms with E-state index < -0.39 is 35.0 Å². The highest BCUT2D eigenvalue weighted by Gasteiger charge is 2.24. The number of amides is 1. The third kappa shape index (κ3) is 5.29. The summed E-state index contributed by atoms with van der Waals surface area (Å²) >= 11 is 0. The van der Waals surface area contributed by atoms with Crippen LogP contribution in [0.4, 0.5) is 4.79 Å². The van der Waals surface area contributed by atoms with Gasteiger partial charge in [-0.25, -0.2) is 23.9 Å². The van der Waals surface area contributed by atoms with Crippen LogP contribution < -0.4 is 16.6 Å². The van der Waals surface area contributed by atoms with Gasteiger partial charge in [0, 0.05) is 31.9 Å². The summed E-state index contributed by atoms with van der Waals surface area (Å²) in [7, 11) is 1.51. The Morgan fingerprint density at radius 1 is 1.25 bits per heavy atom. The second-order valence-corrected chi connectivity index (χ2v) is 7.15. The first kappa shape index (κ1) is 20.9. The van der Waals surface area contributed by atoms with E-state index in [2.05, 4.69) is 10.3 Å². The highest BCUT2D eigenvalue weighted by Crippen LogP contribution is 2.09. The number of hydrogen-bond donors (Lipinski definition) is 2. The van der Waals surface area contributed by atoms with E-state index in [4.69, 9.17) is 4.74 Å². The lowest BCUT2D eigenvalue weighted by atomic mass is 10.1. The zero-order valence-corrected chi connectivity index (χ0v) is 16.0. The molecule has 0 saturated carbocycles. The van der Waals surface area contributed by atoms with E-state index in [0.29, 0.717) is 5.56 Å². The number of rotatable bonds is 5. The lowest BCUT2D eigenvalue weighted by molar-refractivity contribution is -0.139. The summed E-state index contributed by atoms with van der Waals surface area (Å²) in [6.07, 6.45) is 1.81. The summed E-state index contributed by atoms with van der Waals surface area (Å²) in [5, 5.41) is 11.6. The van der Waals surface area contributed by atoms with Crippen LogP contribution in [-0.2, 0) is 23.0 Å². The predicted molar refractivity (Wildman–Crippen MR) is 99.6 cm³/mol. The van der Waals surface area contributed by atoms with Gasteiger partial charge in [0.15, 0.2) is 0 Å². The molecule has 10 heteroatoms. The number of carbonyl (C=O) groups excluding carboxylic acids is 1. The molecule has 0 saturated heterocycles. The number of nitrogens with zero attached hydrogens (tertiary/aromatic N) is 3. The topological polar surface area (TPSA) is 133 Å². The van der Waals surface area contributed by atoms with Gasteiger partial charge in [0.25, 0.3) is 5.56 Å². The molecule has 150 valence electrons. The molecule has 2 heterocycles. The van der Waals surface area contributed by atoms with E-state index in [1.165, 1.54) is 42.2 Å². The molecule has 0 aliphatic heterocycles. The van der Waals surface area contributed by atoms with Crippen molar-refractivity contribution < 1.29 is 19.4 Å². The fraction of sp³-hybridized carbons (Fsp3) is 0.389. The summed E-state index contributed by atoms with van der Waals surface area (Å²) in [5.74, 6) is -1.12. The van der Waals surface area contributed by atoms with Crippen LogP contribution in [0.5, 0.6) is 0 Å². The SMILES string of the molecule is Cn1ccc(=O)n(-c2ccc(C[C@H](NC(=O)OC(C)(C)C)C(=O)O)cn2)c1=O. The Labute approximate surface area is 160 Å². The molecule has 0 aromatic carbocycles. The van der Waals surface area contributed by atoms with Crippen LogP contribution in [0.15, 0.2) is 40.2 Å². The Balaban J connectivity index is 2.19. The first-order valence-corrected chi connectivity index (χ1v) is 8.44. The second-order valence-electron chi connectivity index (χ2n) is 7.15. The van der Waals surface area contributed by atoms with Gasteiger partial charge in [0.2, 0.25) is 0 Å². The van der Waals surface area contributed by atoms with E-state index in [0.717, 1.165) is 4.57 Å². The monoisotopic (exact) mass is 390 g/mol. The van der Waals surface area contributed by atoms with Crippen LogP contribution >= 0.6 is 0 Å². The summed E-state index contributed by atoms with van der Waals surface area (Å²) in [4.78, 5) is 51.4. The van der Waals surface area contributed by atoms with Crippen molar-refractivity contribution in [3.8, 4) is 5.82 Å². The summed E-state index contributed by atoms with van der Waals surface area (Å²) in [5.41, 5.74) is -1.35. The van der Waals surface area contributed by atoms with Crippen LogP contribution in [0.2, 0.25) is 0 Å². The number of hydrogen-bond acceptors (Lipinski definition) is 6. The largest absolute Gasteiger partial charge is 0.480 e. The maximum absolute atomic E-state index is 12.1. The first-order valence-electron chi connectivity index (χ1n) is 8.44. The van der Waals surface area contributed by atoms with E-state index in [1.54, 1.807) is 20.8 Å². The number of pyridine rings is 1. The van der Waals surface area contributed by atoms with Gasteiger partial charge in [-0.15, -0.1) is 0 Å². The van der Waals surface area contributed by atoms with Crippen molar-refractivity contribution in [1.29, 1.82) is 0 Å². The van der Waals surface area contributed by atoms with Crippen LogP contribution in [0.25, 0.3) is 5.82 Å². The summed E-state index contributed by atoms with van der Waals surface area (Å²) in [6.45, 7) is 5.00. The number of carbonyl (C=O) groups is 2.